The zero-order valence-electron chi connectivity index (χ0n) is 12.5. The molecule has 1 amide bonds. The van der Waals surface area contributed by atoms with Crippen molar-refractivity contribution in [2.24, 2.45) is 0 Å². The summed E-state index contributed by atoms with van der Waals surface area (Å²) in [4.78, 5) is 11.9. The van der Waals surface area contributed by atoms with Crippen molar-refractivity contribution >= 4 is 5.91 Å². The van der Waals surface area contributed by atoms with Crippen LogP contribution in [-0.4, -0.2) is 23.7 Å². The van der Waals surface area contributed by atoms with Crippen molar-refractivity contribution in [3.8, 4) is 0 Å². The van der Waals surface area contributed by atoms with Crippen LogP contribution in [0.2, 0.25) is 0 Å². The minimum absolute atomic E-state index is 0.0867. The molecule has 0 saturated heterocycles. The lowest BCUT2D eigenvalue weighted by molar-refractivity contribution is -0.121. The number of carbonyl (C=O) groups is 1. The van der Waals surface area contributed by atoms with Gasteiger partial charge in [-0.05, 0) is 26.7 Å². The number of nitrogens with one attached hydrogen (secondary N) is 2. The second-order valence-electron chi connectivity index (χ2n) is 5.66. The van der Waals surface area contributed by atoms with Gasteiger partial charge in [-0.25, -0.2) is 0 Å². The zero-order chi connectivity index (χ0) is 14.4. The Labute approximate surface area is 120 Å². The van der Waals surface area contributed by atoms with Crippen LogP contribution in [0.25, 0.3) is 0 Å². The van der Waals surface area contributed by atoms with Crippen molar-refractivity contribution in [2.45, 2.75) is 65.0 Å². The molecule has 5 nitrogen and oxygen atoms in total. The lowest BCUT2D eigenvalue weighted by Gasteiger charge is -2.16. The molecule has 1 fully saturated rings. The van der Waals surface area contributed by atoms with Crippen LogP contribution >= 0.6 is 0 Å². The van der Waals surface area contributed by atoms with Crippen LogP contribution in [0, 0.1) is 13.8 Å². The minimum atomic E-state index is 0.0867. The van der Waals surface area contributed by atoms with Crippen LogP contribution in [0.5, 0.6) is 0 Å². The number of aryl methyl sites for hydroxylation is 2. The molecule has 1 aliphatic rings. The average molecular weight is 279 g/mol. The number of aromatic nitrogens is 1. The molecule has 0 atom stereocenters. The number of rotatable bonds is 5. The van der Waals surface area contributed by atoms with Crippen LogP contribution in [0.15, 0.2) is 4.52 Å². The zero-order valence-corrected chi connectivity index (χ0v) is 12.5. The molecular weight excluding hydrogens is 254 g/mol. The number of amides is 1. The van der Waals surface area contributed by atoms with Gasteiger partial charge in [0.1, 0.15) is 5.76 Å². The minimum Gasteiger partial charge on any atom is -0.361 e. The smallest absolute Gasteiger partial charge is 0.234 e. The van der Waals surface area contributed by atoms with Gasteiger partial charge in [-0.1, -0.05) is 30.8 Å². The monoisotopic (exact) mass is 279 g/mol. The number of hydrogen-bond donors (Lipinski definition) is 2. The summed E-state index contributed by atoms with van der Waals surface area (Å²) < 4.78 is 5.10. The topological polar surface area (TPSA) is 67.2 Å². The maximum atomic E-state index is 11.9. The normalized spacial score (nSPS) is 16.9. The van der Waals surface area contributed by atoms with Crippen LogP contribution in [0.1, 0.15) is 55.5 Å². The molecule has 20 heavy (non-hydrogen) atoms. The molecule has 1 heterocycles. The van der Waals surface area contributed by atoms with Gasteiger partial charge in [-0.3, -0.25) is 4.79 Å². The van der Waals surface area contributed by atoms with Gasteiger partial charge in [-0.15, -0.1) is 0 Å². The average Bonchev–Trinajstić information content (AvgIpc) is 2.64. The standard InChI is InChI=1S/C15H25N3O2/c1-11-14(12(2)20-18-11)9-16-10-15(19)17-13-7-5-3-4-6-8-13/h13,16H,3-10H2,1-2H3,(H,17,19). The highest BCUT2D eigenvalue weighted by atomic mass is 16.5. The molecule has 0 radical (unpaired) electrons. The van der Waals surface area contributed by atoms with E-state index in [1.807, 2.05) is 13.8 Å². The maximum absolute atomic E-state index is 11.9. The van der Waals surface area contributed by atoms with E-state index in [0.29, 0.717) is 19.1 Å². The Morgan fingerprint density at radius 2 is 1.95 bits per heavy atom. The highest BCUT2D eigenvalue weighted by Gasteiger charge is 2.15. The Balaban J connectivity index is 1.69. The SMILES string of the molecule is Cc1noc(C)c1CNCC(=O)NC1CCCCCC1. The van der Waals surface area contributed by atoms with Crippen molar-refractivity contribution in [1.82, 2.24) is 15.8 Å². The lowest BCUT2D eigenvalue weighted by atomic mass is 10.1. The first-order valence-corrected chi connectivity index (χ1v) is 7.58. The third-order valence-corrected chi connectivity index (χ3v) is 3.99. The summed E-state index contributed by atoms with van der Waals surface area (Å²) in [6.45, 7) is 4.78. The lowest BCUT2D eigenvalue weighted by Crippen LogP contribution is -2.40. The molecule has 0 unspecified atom stereocenters. The summed E-state index contributed by atoms with van der Waals surface area (Å²) in [5.41, 5.74) is 1.94. The molecule has 1 aliphatic carbocycles. The second kappa shape index (κ2) is 7.43. The van der Waals surface area contributed by atoms with Gasteiger partial charge in [0.2, 0.25) is 5.91 Å². The van der Waals surface area contributed by atoms with E-state index in [4.69, 9.17) is 4.52 Å². The Hall–Kier alpha value is -1.36. The molecule has 1 aromatic rings. The van der Waals surface area contributed by atoms with Crippen molar-refractivity contribution in [3.05, 3.63) is 17.0 Å². The van der Waals surface area contributed by atoms with Crippen LogP contribution < -0.4 is 10.6 Å². The molecule has 2 rings (SSSR count). The highest BCUT2D eigenvalue weighted by molar-refractivity contribution is 5.78. The Kier molecular flexibility index (Phi) is 5.59. The van der Waals surface area contributed by atoms with Gasteiger partial charge < -0.3 is 15.2 Å². The van der Waals surface area contributed by atoms with E-state index in [0.717, 1.165) is 29.9 Å². The van der Waals surface area contributed by atoms with Gasteiger partial charge in [0.05, 0.1) is 12.2 Å². The van der Waals surface area contributed by atoms with E-state index >= 15 is 0 Å². The molecule has 1 aromatic heterocycles. The van der Waals surface area contributed by atoms with Gasteiger partial charge in [0.25, 0.3) is 0 Å². The number of nitrogens with zero attached hydrogens (tertiary/aromatic N) is 1. The fourth-order valence-electron chi connectivity index (χ4n) is 2.76. The molecule has 1 saturated carbocycles. The second-order valence-corrected chi connectivity index (χ2v) is 5.66. The predicted octanol–water partition coefficient (Wildman–Crippen LogP) is 2.22. The molecule has 0 aromatic carbocycles. The highest BCUT2D eigenvalue weighted by Crippen LogP contribution is 2.17. The molecule has 112 valence electrons. The van der Waals surface area contributed by atoms with Gasteiger partial charge in [0, 0.05) is 18.2 Å². The van der Waals surface area contributed by atoms with E-state index in [2.05, 4.69) is 15.8 Å². The fraction of sp³-hybridized carbons (Fsp3) is 0.733. The largest absolute Gasteiger partial charge is 0.361 e. The first-order valence-electron chi connectivity index (χ1n) is 7.58. The molecule has 5 heteroatoms. The molecule has 0 spiro atoms. The first-order chi connectivity index (χ1) is 9.66. The predicted molar refractivity (Wildman–Crippen MR) is 77.3 cm³/mol. The summed E-state index contributed by atoms with van der Waals surface area (Å²) in [6.07, 6.45) is 7.31. The third kappa shape index (κ3) is 4.34. The van der Waals surface area contributed by atoms with Crippen molar-refractivity contribution in [2.75, 3.05) is 6.54 Å². The maximum Gasteiger partial charge on any atom is 0.234 e. The van der Waals surface area contributed by atoms with Crippen molar-refractivity contribution in [3.63, 3.8) is 0 Å². The van der Waals surface area contributed by atoms with E-state index in [1.165, 1.54) is 25.7 Å². The first kappa shape index (κ1) is 15.0. The number of carbonyl (C=O) groups excluding carboxylic acids is 1. The molecule has 0 aliphatic heterocycles. The van der Waals surface area contributed by atoms with Gasteiger partial charge >= 0.3 is 0 Å². The quantitative estimate of drug-likeness (QED) is 0.811. The number of hydrogen-bond acceptors (Lipinski definition) is 4. The van der Waals surface area contributed by atoms with Crippen LogP contribution in [0.4, 0.5) is 0 Å². The summed E-state index contributed by atoms with van der Waals surface area (Å²) in [5, 5.41) is 10.2. The molecular formula is C15H25N3O2. The summed E-state index contributed by atoms with van der Waals surface area (Å²) in [6, 6.07) is 0.367. The van der Waals surface area contributed by atoms with Crippen LogP contribution in [-0.2, 0) is 11.3 Å². The molecule has 0 bridgehead atoms. The third-order valence-electron chi connectivity index (χ3n) is 3.99. The Morgan fingerprint density at radius 1 is 1.25 bits per heavy atom. The fourth-order valence-corrected chi connectivity index (χ4v) is 2.76. The van der Waals surface area contributed by atoms with Crippen molar-refractivity contribution < 1.29 is 9.32 Å². The Bertz CT molecular complexity index is 415. The van der Waals surface area contributed by atoms with Gasteiger partial charge in [0.15, 0.2) is 0 Å². The summed E-state index contributed by atoms with van der Waals surface area (Å²) >= 11 is 0. The van der Waals surface area contributed by atoms with E-state index < -0.39 is 0 Å². The van der Waals surface area contributed by atoms with E-state index in [-0.39, 0.29) is 5.91 Å². The summed E-state index contributed by atoms with van der Waals surface area (Å²) in [5.74, 6) is 0.905. The van der Waals surface area contributed by atoms with Gasteiger partial charge in [-0.2, -0.15) is 0 Å². The van der Waals surface area contributed by atoms with E-state index in [9.17, 15) is 4.79 Å². The van der Waals surface area contributed by atoms with Crippen molar-refractivity contribution in [1.29, 1.82) is 0 Å². The van der Waals surface area contributed by atoms with E-state index in [1.54, 1.807) is 0 Å². The summed E-state index contributed by atoms with van der Waals surface area (Å²) in [7, 11) is 0. The molecule has 2 N–H and O–H groups in total. The Morgan fingerprint density at radius 3 is 2.55 bits per heavy atom. The van der Waals surface area contributed by atoms with Crippen LogP contribution in [0.3, 0.4) is 0 Å².